The minimum absolute atomic E-state index is 0.574. The van der Waals surface area contributed by atoms with Crippen LogP contribution in [0.25, 0.3) is 17.2 Å². The molecule has 5 nitrogen and oxygen atoms in total. The van der Waals surface area contributed by atoms with Crippen LogP contribution in [0.5, 0.6) is 0 Å². The first-order valence-corrected chi connectivity index (χ1v) is 4.94. The Morgan fingerprint density at radius 3 is 2.88 bits per heavy atom. The zero-order valence-corrected chi connectivity index (χ0v) is 8.70. The van der Waals surface area contributed by atoms with E-state index in [2.05, 4.69) is 33.4 Å². The third-order valence-electron chi connectivity index (χ3n) is 2.48. The highest BCUT2D eigenvalue weighted by Crippen LogP contribution is 2.16. The van der Waals surface area contributed by atoms with Crippen molar-refractivity contribution in [2.45, 2.75) is 6.92 Å². The summed E-state index contributed by atoms with van der Waals surface area (Å²) in [5.74, 6) is 0.574. The van der Waals surface area contributed by atoms with Gasteiger partial charge in [0.1, 0.15) is 6.33 Å². The fourth-order valence-electron chi connectivity index (χ4n) is 1.65. The number of benzene rings is 1. The molecular weight excluding hydrogens is 202 g/mol. The molecule has 0 unspecified atom stereocenters. The quantitative estimate of drug-likeness (QED) is 0.611. The van der Waals surface area contributed by atoms with Crippen LogP contribution in [0.15, 0.2) is 36.8 Å². The molecule has 0 fully saturated rings. The van der Waals surface area contributed by atoms with E-state index in [4.69, 9.17) is 0 Å². The Morgan fingerprint density at radius 1 is 1.12 bits per heavy atom. The molecule has 78 valence electrons. The van der Waals surface area contributed by atoms with E-state index < -0.39 is 0 Å². The molecule has 2 heterocycles. The number of hydrogen-bond donors (Lipinski definition) is 0. The van der Waals surface area contributed by atoms with E-state index in [-0.39, 0.29) is 0 Å². The van der Waals surface area contributed by atoms with Crippen molar-refractivity contribution in [3.05, 3.63) is 42.4 Å². The summed E-state index contributed by atoms with van der Waals surface area (Å²) in [5.41, 5.74) is 2.96. The molecule has 5 heteroatoms. The molecule has 16 heavy (non-hydrogen) atoms. The van der Waals surface area contributed by atoms with E-state index in [1.165, 1.54) is 5.56 Å². The van der Waals surface area contributed by atoms with Gasteiger partial charge in [0.2, 0.25) is 5.82 Å². The van der Waals surface area contributed by atoms with Gasteiger partial charge in [-0.25, -0.2) is 4.98 Å². The Morgan fingerprint density at radius 2 is 2.00 bits per heavy atom. The van der Waals surface area contributed by atoms with Crippen LogP contribution in [-0.4, -0.2) is 25.0 Å². The van der Waals surface area contributed by atoms with Gasteiger partial charge in [-0.2, -0.15) is 0 Å². The van der Waals surface area contributed by atoms with Crippen LogP contribution in [0, 0.1) is 6.92 Å². The minimum atomic E-state index is 0.574. The van der Waals surface area contributed by atoms with Gasteiger partial charge in [-0.3, -0.25) is 0 Å². The molecule has 1 aromatic carbocycles. The topological polar surface area (TPSA) is 56.5 Å². The van der Waals surface area contributed by atoms with Gasteiger partial charge in [0.25, 0.3) is 0 Å². The summed E-state index contributed by atoms with van der Waals surface area (Å²) >= 11 is 0. The van der Waals surface area contributed by atoms with Crippen molar-refractivity contribution in [1.82, 2.24) is 25.0 Å². The van der Waals surface area contributed by atoms with E-state index in [9.17, 15) is 0 Å². The number of hydrogen-bond acceptors (Lipinski definition) is 4. The first-order valence-electron chi connectivity index (χ1n) is 4.94. The molecule has 2 aliphatic heterocycles. The van der Waals surface area contributed by atoms with Gasteiger partial charge in [-0.05, 0) is 23.8 Å². The van der Waals surface area contributed by atoms with Gasteiger partial charge in [-0.1, -0.05) is 18.2 Å². The number of fused-ring (bicyclic) bond motifs is 1. The van der Waals surface area contributed by atoms with E-state index in [1.807, 2.05) is 29.0 Å². The molecule has 0 amide bonds. The zero-order chi connectivity index (χ0) is 11.0. The van der Waals surface area contributed by atoms with Gasteiger partial charge in [0, 0.05) is 11.9 Å². The van der Waals surface area contributed by atoms with Gasteiger partial charge >= 0.3 is 0 Å². The average Bonchev–Trinajstić information content (AvgIpc) is 2.76. The van der Waals surface area contributed by atoms with Crippen molar-refractivity contribution in [2.75, 3.05) is 0 Å². The number of aryl methyl sites for hydroxylation is 1. The van der Waals surface area contributed by atoms with Crippen LogP contribution in [0.3, 0.4) is 0 Å². The van der Waals surface area contributed by atoms with Crippen molar-refractivity contribution >= 4 is 0 Å². The molecule has 0 aromatic heterocycles. The van der Waals surface area contributed by atoms with Crippen molar-refractivity contribution in [3.8, 4) is 17.2 Å². The maximum Gasteiger partial charge on any atom is 0.207 e. The summed E-state index contributed by atoms with van der Waals surface area (Å²) in [7, 11) is 0. The van der Waals surface area contributed by atoms with Crippen LogP contribution in [0.2, 0.25) is 0 Å². The number of nitrogens with zero attached hydrogens (tertiary/aromatic N) is 5. The van der Waals surface area contributed by atoms with Crippen LogP contribution < -0.4 is 0 Å². The lowest BCUT2D eigenvalue weighted by Crippen LogP contribution is -2.00. The first kappa shape index (κ1) is 8.96. The Bertz CT molecular complexity index is 601. The lowest BCUT2D eigenvalue weighted by Gasteiger charge is -2.09. The van der Waals surface area contributed by atoms with Gasteiger partial charge < -0.3 is 4.57 Å². The van der Waals surface area contributed by atoms with Crippen LogP contribution in [0.4, 0.5) is 0 Å². The van der Waals surface area contributed by atoms with E-state index in [1.54, 1.807) is 6.33 Å². The van der Waals surface area contributed by atoms with Crippen molar-refractivity contribution < 1.29 is 0 Å². The highest BCUT2D eigenvalue weighted by molar-refractivity contribution is 5.49. The molecule has 2 aliphatic rings. The molecule has 0 radical (unpaired) electrons. The van der Waals surface area contributed by atoms with Crippen LogP contribution in [0.1, 0.15) is 5.56 Å². The van der Waals surface area contributed by atoms with Gasteiger partial charge in [-0.15, -0.1) is 10.2 Å². The molecule has 0 bridgehead atoms. The van der Waals surface area contributed by atoms with Crippen molar-refractivity contribution in [2.24, 2.45) is 0 Å². The van der Waals surface area contributed by atoms with Crippen LogP contribution >= 0.6 is 0 Å². The predicted octanol–water partition coefficient (Wildman–Crippen LogP) is 1.47. The maximum absolute atomic E-state index is 4.19. The molecule has 0 saturated carbocycles. The monoisotopic (exact) mass is 211 g/mol. The largest absolute Gasteiger partial charge is 0.305 e. The summed E-state index contributed by atoms with van der Waals surface area (Å²) < 4.78 is 1.92. The summed E-state index contributed by atoms with van der Waals surface area (Å²) in [6.45, 7) is 2.06. The van der Waals surface area contributed by atoms with E-state index in [0.717, 1.165) is 5.69 Å². The van der Waals surface area contributed by atoms with E-state index >= 15 is 0 Å². The number of rotatable bonds is 1. The fraction of sp³-hybridized carbons (Fsp3) is 0.0909. The first-order chi connectivity index (χ1) is 7.84. The van der Waals surface area contributed by atoms with Crippen LogP contribution in [-0.2, 0) is 0 Å². The SMILES string of the molecule is Cc1ccccc1-n1cnc2nnnc-2c1. The van der Waals surface area contributed by atoms with Crippen molar-refractivity contribution in [1.29, 1.82) is 0 Å². The highest BCUT2D eigenvalue weighted by Gasteiger charge is 2.09. The molecular formula is C11H9N5. The second-order valence-corrected chi connectivity index (χ2v) is 3.57. The lowest BCUT2D eigenvalue weighted by molar-refractivity contribution is 0.945. The Balaban J connectivity index is 2.20. The standard InChI is InChI=1S/C11H9N5/c1-8-4-2-3-5-10(8)16-6-9-11(12-7-16)14-15-13-9/h2-7H,1H3. The summed E-state index contributed by atoms with van der Waals surface area (Å²) in [4.78, 5) is 4.19. The van der Waals surface area contributed by atoms with Gasteiger partial charge in [0.05, 0.1) is 0 Å². The maximum atomic E-state index is 4.19. The van der Waals surface area contributed by atoms with E-state index in [0.29, 0.717) is 11.5 Å². The smallest absolute Gasteiger partial charge is 0.207 e. The predicted molar refractivity (Wildman–Crippen MR) is 58.3 cm³/mol. The summed E-state index contributed by atoms with van der Waals surface area (Å²) in [6.07, 6.45) is 3.60. The third kappa shape index (κ3) is 1.33. The second-order valence-electron chi connectivity index (χ2n) is 3.57. The molecule has 0 N–H and O–H groups in total. The molecule has 0 aliphatic carbocycles. The summed E-state index contributed by atoms with van der Waals surface area (Å²) in [6, 6.07) is 8.10. The number of para-hydroxylation sites is 1. The van der Waals surface area contributed by atoms with Crippen molar-refractivity contribution in [3.63, 3.8) is 0 Å². The number of aromatic nitrogens is 5. The summed E-state index contributed by atoms with van der Waals surface area (Å²) in [5, 5.41) is 11.3. The molecule has 0 spiro atoms. The Kier molecular flexibility index (Phi) is 1.89. The highest BCUT2D eigenvalue weighted by atomic mass is 15.4. The Labute approximate surface area is 92.1 Å². The second kappa shape index (κ2) is 3.37. The molecule has 3 rings (SSSR count). The molecule has 0 atom stereocenters. The fourth-order valence-corrected chi connectivity index (χ4v) is 1.65. The average molecular weight is 211 g/mol. The normalized spacial score (nSPS) is 10.8. The minimum Gasteiger partial charge on any atom is -0.305 e. The third-order valence-corrected chi connectivity index (χ3v) is 2.48. The molecule has 1 aromatic rings. The zero-order valence-electron chi connectivity index (χ0n) is 8.70. The molecule has 0 saturated heterocycles. The lowest BCUT2D eigenvalue weighted by atomic mass is 10.2. The van der Waals surface area contributed by atoms with Gasteiger partial charge in [0.15, 0.2) is 5.69 Å². The Hall–Kier alpha value is -2.30.